The SMILES string of the molecule is [B]c1cccc(-n2nc(C(N)=O)c3ccc(OC)nc32)c1. The van der Waals surface area contributed by atoms with Crippen molar-refractivity contribution in [3.8, 4) is 11.6 Å². The number of ether oxygens (including phenoxy) is 1. The van der Waals surface area contributed by atoms with Crippen molar-refractivity contribution in [2.45, 2.75) is 0 Å². The summed E-state index contributed by atoms with van der Waals surface area (Å²) in [5.74, 6) is -0.196. The van der Waals surface area contributed by atoms with Crippen molar-refractivity contribution in [3.05, 3.63) is 42.1 Å². The van der Waals surface area contributed by atoms with Crippen molar-refractivity contribution in [1.82, 2.24) is 14.8 Å². The molecule has 21 heavy (non-hydrogen) atoms. The second kappa shape index (κ2) is 4.94. The lowest BCUT2D eigenvalue weighted by Gasteiger charge is -2.04. The molecule has 3 rings (SSSR count). The molecule has 1 aromatic carbocycles. The van der Waals surface area contributed by atoms with Crippen LogP contribution >= 0.6 is 0 Å². The molecular formula is C14H11BN4O2. The first-order valence-electron chi connectivity index (χ1n) is 6.19. The van der Waals surface area contributed by atoms with E-state index in [2.05, 4.69) is 10.1 Å². The predicted octanol–water partition coefficient (Wildman–Crippen LogP) is 0.322. The topological polar surface area (TPSA) is 83.0 Å². The van der Waals surface area contributed by atoms with Crippen molar-refractivity contribution in [2.75, 3.05) is 7.11 Å². The molecule has 1 amide bonds. The molecule has 6 nitrogen and oxygen atoms in total. The number of rotatable bonds is 3. The standard InChI is InChI=1S/C14H11BN4O2/c1-21-11-6-5-10-12(13(16)20)18-19(14(10)17-11)9-4-2-3-8(15)7-9/h2-7H,1H3,(H2,16,20). The van der Waals surface area contributed by atoms with Gasteiger partial charge in [0.25, 0.3) is 5.91 Å². The number of nitrogens with two attached hydrogens (primary N) is 1. The third-order valence-corrected chi connectivity index (χ3v) is 3.06. The van der Waals surface area contributed by atoms with Crippen molar-refractivity contribution in [2.24, 2.45) is 5.73 Å². The van der Waals surface area contributed by atoms with Gasteiger partial charge < -0.3 is 10.5 Å². The number of hydrogen-bond acceptors (Lipinski definition) is 4. The van der Waals surface area contributed by atoms with E-state index in [1.54, 1.807) is 30.3 Å². The van der Waals surface area contributed by atoms with E-state index in [-0.39, 0.29) is 5.69 Å². The average Bonchev–Trinajstić information content (AvgIpc) is 2.86. The zero-order valence-corrected chi connectivity index (χ0v) is 11.3. The van der Waals surface area contributed by atoms with E-state index >= 15 is 0 Å². The van der Waals surface area contributed by atoms with Gasteiger partial charge in [-0.2, -0.15) is 10.1 Å². The Balaban J connectivity index is 2.33. The van der Waals surface area contributed by atoms with Crippen LogP contribution in [0.4, 0.5) is 0 Å². The third kappa shape index (κ3) is 2.22. The molecule has 0 spiro atoms. The average molecular weight is 278 g/mol. The van der Waals surface area contributed by atoms with Gasteiger partial charge in [-0.25, -0.2) is 4.68 Å². The van der Waals surface area contributed by atoms with E-state index in [0.717, 1.165) is 0 Å². The lowest BCUT2D eigenvalue weighted by Crippen LogP contribution is -2.13. The molecule has 7 heteroatoms. The maximum Gasteiger partial charge on any atom is 0.269 e. The molecule has 0 atom stereocenters. The lowest BCUT2D eigenvalue weighted by molar-refractivity contribution is 0.0996. The molecule has 0 unspecified atom stereocenters. The highest BCUT2D eigenvalue weighted by Crippen LogP contribution is 2.22. The molecular weight excluding hydrogens is 267 g/mol. The Kier molecular flexibility index (Phi) is 3.10. The first-order valence-corrected chi connectivity index (χ1v) is 6.19. The van der Waals surface area contributed by atoms with Gasteiger partial charge in [0.15, 0.2) is 11.3 Å². The van der Waals surface area contributed by atoms with Gasteiger partial charge in [-0.3, -0.25) is 4.79 Å². The monoisotopic (exact) mass is 278 g/mol. The summed E-state index contributed by atoms with van der Waals surface area (Å²) in [6, 6.07) is 10.5. The molecule has 0 aliphatic heterocycles. The molecule has 0 saturated heterocycles. The van der Waals surface area contributed by atoms with Gasteiger partial charge in [0.1, 0.15) is 7.85 Å². The van der Waals surface area contributed by atoms with Gasteiger partial charge in [-0.15, -0.1) is 0 Å². The molecule has 2 aromatic heterocycles. The number of carbonyl (C=O) groups excluding carboxylic acids is 1. The number of hydrogen-bond donors (Lipinski definition) is 1. The summed E-state index contributed by atoms with van der Waals surface area (Å²) in [7, 11) is 7.30. The molecule has 2 N–H and O–H groups in total. The summed E-state index contributed by atoms with van der Waals surface area (Å²) < 4.78 is 6.64. The summed E-state index contributed by atoms with van der Waals surface area (Å²) in [4.78, 5) is 15.9. The number of pyridine rings is 1. The number of methoxy groups -OCH3 is 1. The quantitative estimate of drug-likeness (QED) is 0.699. The van der Waals surface area contributed by atoms with E-state index in [9.17, 15) is 4.79 Å². The third-order valence-electron chi connectivity index (χ3n) is 3.06. The van der Waals surface area contributed by atoms with Crippen LogP contribution < -0.4 is 15.9 Å². The minimum absolute atomic E-state index is 0.155. The van der Waals surface area contributed by atoms with Crippen LogP contribution in [0.3, 0.4) is 0 Å². The van der Waals surface area contributed by atoms with Crippen molar-refractivity contribution >= 4 is 30.2 Å². The van der Waals surface area contributed by atoms with Crippen LogP contribution in [0.25, 0.3) is 16.7 Å². The van der Waals surface area contributed by atoms with Gasteiger partial charge in [-0.05, 0) is 18.2 Å². The Labute approximate surface area is 121 Å². The zero-order chi connectivity index (χ0) is 15.0. The Hall–Kier alpha value is -2.83. The van der Waals surface area contributed by atoms with Gasteiger partial charge in [0.2, 0.25) is 5.88 Å². The highest BCUT2D eigenvalue weighted by molar-refractivity contribution is 6.32. The lowest BCUT2D eigenvalue weighted by atomic mass is 9.96. The maximum atomic E-state index is 11.5. The van der Waals surface area contributed by atoms with Crippen LogP contribution in [0.15, 0.2) is 36.4 Å². The second-order valence-corrected chi connectivity index (χ2v) is 4.44. The number of benzene rings is 1. The normalized spacial score (nSPS) is 10.7. The number of aromatic nitrogens is 3. The van der Waals surface area contributed by atoms with Crippen molar-refractivity contribution in [3.63, 3.8) is 0 Å². The fourth-order valence-corrected chi connectivity index (χ4v) is 2.11. The van der Waals surface area contributed by atoms with Crippen molar-refractivity contribution in [1.29, 1.82) is 0 Å². The minimum Gasteiger partial charge on any atom is -0.481 e. The summed E-state index contributed by atoms with van der Waals surface area (Å²) in [6.45, 7) is 0. The van der Waals surface area contributed by atoms with Gasteiger partial charge in [-0.1, -0.05) is 17.6 Å². The molecule has 0 aliphatic carbocycles. The van der Waals surface area contributed by atoms with Gasteiger partial charge >= 0.3 is 0 Å². The van der Waals surface area contributed by atoms with Gasteiger partial charge in [0.05, 0.1) is 18.2 Å². The molecule has 0 saturated carbocycles. The number of primary amides is 1. The second-order valence-electron chi connectivity index (χ2n) is 4.44. The summed E-state index contributed by atoms with van der Waals surface area (Å²) >= 11 is 0. The first-order chi connectivity index (χ1) is 10.1. The van der Waals surface area contributed by atoms with Crippen LogP contribution in [0, 0.1) is 0 Å². The Bertz CT molecular complexity index is 844. The molecule has 0 aliphatic rings. The van der Waals surface area contributed by atoms with Gasteiger partial charge in [0, 0.05) is 6.07 Å². The minimum atomic E-state index is -0.616. The Morgan fingerprint density at radius 2 is 2.14 bits per heavy atom. The van der Waals surface area contributed by atoms with Crippen LogP contribution in [0.2, 0.25) is 0 Å². The molecule has 2 radical (unpaired) electrons. The highest BCUT2D eigenvalue weighted by Gasteiger charge is 2.17. The van der Waals surface area contributed by atoms with E-state index in [4.69, 9.17) is 18.3 Å². The fourth-order valence-electron chi connectivity index (χ4n) is 2.11. The number of amides is 1. The smallest absolute Gasteiger partial charge is 0.269 e. The zero-order valence-electron chi connectivity index (χ0n) is 11.3. The molecule has 0 fully saturated rings. The van der Waals surface area contributed by atoms with E-state index in [0.29, 0.717) is 28.1 Å². The van der Waals surface area contributed by atoms with Crippen LogP contribution in [0.1, 0.15) is 10.5 Å². The van der Waals surface area contributed by atoms with Crippen LogP contribution in [-0.2, 0) is 0 Å². The van der Waals surface area contributed by atoms with Crippen LogP contribution in [-0.4, -0.2) is 35.6 Å². The summed E-state index contributed by atoms with van der Waals surface area (Å²) in [5.41, 5.74) is 7.28. The summed E-state index contributed by atoms with van der Waals surface area (Å²) in [6.07, 6.45) is 0. The highest BCUT2D eigenvalue weighted by atomic mass is 16.5. The molecule has 2 heterocycles. The molecule has 102 valence electrons. The van der Waals surface area contributed by atoms with Crippen LogP contribution in [0.5, 0.6) is 5.88 Å². The maximum absolute atomic E-state index is 11.5. The molecule has 3 aromatic rings. The Morgan fingerprint density at radius 3 is 2.81 bits per heavy atom. The summed E-state index contributed by atoms with van der Waals surface area (Å²) in [5, 5.41) is 4.80. The van der Waals surface area contributed by atoms with E-state index < -0.39 is 5.91 Å². The van der Waals surface area contributed by atoms with Crippen molar-refractivity contribution < 1.29 is 9.53 Å². The predicted molar refractivity (Wildman–Crippen MR) is 79.3 cm³/mol. The largest absolute Gasteiger partial charge is 0.481 e. The number of carbonyl (C=O) groups is 1. The van der Waals surface area contributed by atoms with E-state index in [1.165, 1.54) is 11.8 Å². The number of fused-ring (bicyclic) bond motifs is 1. The molecule has 0 bridgehead atoms. The van der Waals surface area contributed by atoms with E-state index in [1.807, 2.05) is 6.07 Å². The Morgan fingerprint density at radius 1 is 1.33 bits per heavy atom. The first kappa shape index (κ1) is 13.2. The number of nitrogens with zero attached hydrogens (tertiary/aromatic N) is 3. The fraction of sp³-hybridized carbons (Fsp3) is 0.0714.